The molecule has 0 unspecified atom stereocenters. The van der Waals surface area contributed by atoms with Crippen LogP contribution in [-0.2, 0) is 0 Å². The fourth-order valence-corrected chi connectivity index (χ4v) is 2.67. The largest absolute Gasteiger partial charge is 0.494 e. The molecule has 0 saturated carbocycles. The number of aromatic nitrogens is 2. The first kappa shape index (κ1) is 16.7. The molecule has 2 rings (SSSR count). The fourth-order valence-electron chi connectivity index (χ4n) is 2.31. The second-order valence-corrected chi connectivity index (χ2v) is 6.01. The van der Waals surface area contributed by atoms with Crippen LogP contribution in [0.2, 0.25) is 0 Å². The van der Waals surface area contributed by atoms with E-state index in [0.717, 1.165) is 32.6 Å². The Labute approximate surface area is 134 Å². The van der Waals surface area contributed by atoms with Gasteiger partial charge in [-0.15, -0.1) is 0 Å². The van der Waals surface area contributed by atoms with Gasteiger partial charge in [-0.1, -0.05) is 6.92 Å². The smallest absolute Gasteiger partial charge is 0.264 e. The van der Waals surface area contributed by atoms with Crippen molar-refractivity contribution in [3.05, 3.63) is 20.7 Å². The molecule has 7 nitrogen and oxygen atoms in total. The average molecular weight is 325 g/mol. The zero-order chi connectivity index (χ0) is 16.3. The minimum atomic E-state index is -0.417. The van der Waals surface area contributed by atoms with Crippen LogP contribution < -0.4 is 5.56 Å². The molecular formula is C14H23N5O2S. The highest BCUT2D eigenvalue weighted by Crippen LogP contribution is 2.20. The SMILES string of the molecule is CC[C@@H](C)n1c(O)c(/C=N/N2CCN(C)CC2)c(=O)[nH]c1=S. The number of likely N-dealkylation sites (N-methyl/N-ethyl adjacent to an activating group) is 1. The molecule has 0 amide bonds. The molecule has 2 heterocycles. The van der Waals surface area contributed by atoms with Gasteiger partial charge in [0, 0.05) is 32.2 Å². The second kappa shape index (κ2) is 7.06. The van der Waals surface area contributed by atoms with E-state index >= 15 is 0 Å². The molecule has 1 aromatic heterocycles. The number of nitrogens with zero attached hydrogens (tertiary/aromatic N) is 4. The summed E-state index contributed by atoms with van der Waals surface area (Å²) < 4.78 is 1.79. The number of nitrogens with one attached hydrogen (secondary N) is 1. The molecule has 0 bridgehead atoms. The van der Waals surface area contributed by atoms with Gasteiger partial charge in [0.15, 0.2) is 4.77 Å². The van der Waals surface area contributed by atoms with E-state index in [4.69, 9.17) is 12.2 Å². The maximum atomic E-state index is 12.0. The Morgan fingerprint density at radius 2 is 2.05 bits per heavy atom. The average Bonchev–Trinajstić information content (AvgIpc) is 2.48. The summed E-state index contributed by atoms with van der Waals surface area (Å²) in [7, 11) is 2.06. The van der Waals surface area contributed by atoms with Crippen molar-refractivity contribution in [1.82, 2.24) is 19.5 Å². The Morgan fingerprint density at radius 3 is 2.64 bits per heavy atom. The van der Waals surface area contributed by atoms with Gasteiger partial charge in [0.2, 0.25) is 5.88 Å². The zero-order valence-electron chi connectivity index (χ0n) is 13.2. The van der Waals surface area contributed by atoms with Gasteiger partial charge in [-0.05, 0) is 32.6 Å². The van der Waals surface area contributed by atoms with Gasteiger partial charge in [0.1, 0.15) is 5.56 Å². The third-order valence-electron chi connectivity index (χ3n) is 4.01. The van der Waals surface area contributed by atoms with Crippen molar-refractivity contribution in [3.8, 4) is 5.88 Å². The molecule has 0 aromatic carbocycles. The molecule has 1 saturated heterocycles. The number of hydrogen-bond acceptors (Lipinski definition) is 6. The summed E-state index contributed by atoms with van der Waals surface area (Å²) in [6.45, 7) is 7.39. The summed E-state index contributed by atoms with van der Waals surface area (Å²) in [5.74, 6) is -0.124. The van der Waals surface area contributed by atoms with Crippen LogP contribution in [0.15, 0.2) is 9.90 Å². The lowest BCUT2D eigenvalue weighted by Gasteiger charge is -2.30. The van der Waals surface area contributed by atoms with E-state index < -0.39 is 5.56 Å². The van der Waals surface area contributed by atoms with E-state index in [2.05, 4.69) is 22.0 Å². The molecule has 1 aromatic rings. The molecule has 0 spiro atoms. The topological polar surface area (TPSA) is 76.9 Å². The second-order valence-electron chi connectivity index (χ2n) is 5.63. The molecule has 0 radical (unpaired) electrons. The van der Waals surface area contributed by atoms with E-state index in [-0.39, 0.29) is 22.3 Å². The predicted octanol–water partition coefficient (Wildman–Crippen LogP) is 1.16. The molecule has 1 fully saturated rings. The lowest BCUT2D eigenvalue weighted by Crippen LogP contribution is -2.41. The minimum Gasteiger partial charge on any atom is -0.494 e. The summed E-state index contributed by atoms with van der Waals surface area (Å²) in [4.78, 5) is 16.9. The highest BCUT2D eigenvalue weighted by Gasteiger charge is 2.16. The van der Waals surface area contributed by atoms with Crippen LogP contribution in [0.3, 0.4) is 0 Å². The fraction of sp³-hybridized carbons (Fsp3) is 0.643. The molecule has 1 aliphatic rings. The summed E-state index contributed by atoms with van der Waals surface area (Å²) in [5.41, 5.74) is -0.271. The number of aromatic amines is 1. The summed E-state index contributed by atoms with van der Waals surface area (Å²) >= 11 is 5.14. The van der Waals surface area contributed by atoms with E-state index in [1.807, 2.05) is 18.9 Å². The van der Waals surface area contributed by atoms with Gasteiger partial charge in [0.25, 0.3) is 5.56 Å². The van der Waals surface area contributed by atoms with Gasteiger partial charge in [-0.25, -0.2) is 0 Å². The van der Waals surface area contributed by atoms with E-state index in [1.54, 1.807) is 4.57 Å². The summed E-state index contributed by atoms with van der Waals surface area (Å²) in [6, 6.07) is 0.000126. The molecule has 22 heavy (non-hydrogen) atoms. The zero-order valence-corrected chi connectivity index (χ0v) is 14.1. The molecule has 1 atom stereocenters. The maximum absolute atomic E-state index is 12.0. The Morgan fingerprint density at radius 1 is 1.41 bits per heavy atom. The van der Waals surface area contributed by atoms with Gasteiger partial charge < -0.3 is 10.0 Å². The quantitative estimate of drug-likeness (QED) is 0.642. The van der Waals surface area contributed by atoms with Crippen LogP contribution in [0.4, 0.5) is 0 Å². The van der Waals surface area contributed by atoms with Crippen molar-refractivity contribution in [3.63, 3.8) is 0 Å². The molecule has 8 heteroatoms. The molecule has 0 aliphatic carbocycles. The monoisotopic (exact) mass is 325 g/mol. The third-order valence-corrected chi connectivity index (χ3v) is 4.31. The first-order valence-corrected chi connectivity index (χ1v) is 7.90. The molecular weight excluding hydrogens is 302 g/mol. The summed E-state index contributed by atoms with van der Waals surface area (Å²) in [6.07, 6.45) is 2.22. The van der Waals surface area contributed by atoms with Crippen molar-refractivity contribution >= 4 is 18.4 Å². The van der Waals surface area contributed by atoms with Crippen LogP contribution in [-0.4, -0.2) is 64.0 Å². The van der Waals surface area contributed by atoms with Crippen LogP contribution in [0, 0.1) is 4.77 Å². The van der Waals surface area contributed by atoms with Gasteiger partial charge in [0.05, 0.1) is 6.21 Å². The lowest BCUT2D eigenvalue weighted by atomic mass is 10.2. The van der Waals surface area contributed by atoms with Crippen LogP contribution in [0.5, 0.6) is 5.88 Å². The van der Waals surface area contributed by atoms with Gasteiger partial charge >= 0.3 is 0 Å². The highest BCUT2D eigenvalue weighted by atomic mass is 32.1. The normalized spacial score (nSPS) is 18.0. The minimum absolute atomic E-state index is 0.000126. The van der Waals surface area contributed by atoms with E-state index in [9.17, 15) is 9.90 Å². The number of hydrazone groups is 1. The Hall–Kier alpha value is -1.67. The third kappa shape index (κ3) is 3.56. The number of piperazine rings is 1. The standard InChI is InChI=1S/C14H23N5O2S/c1-4-10(2)19-13(21)11(12(20)16-14(19)22)9-15-18-7-5-17(3)6-8-18/h9-10,21H,4-8H2,1-3H3,(H,16,20,22)/b15-9+/t10-/m1/s1. The van der Waals surface area contributed by atoms with E-state index in [1.165, 1.54) is 6.21 Å². The Balaban J connectivity index is 2.31. The predicted molar refractivity (Wildman–Crippen MR) is 89.2 cm³/mol. The Bertz CT molecular complexity index is 658. The molecule has 1 aliphatic heterocycles. The number of H-pyrrole nitrogens is 1. The first-order valence-electron chi connectivity index (χ1n) is 7.49. The molecule has 122 valence electrons. The Kier molecular flexibility index (Phi) is 5.36. The number of aromatic hydroxyl groups is 1. The van der Waals surface area contributed by atoms with Crippen molar-refractivity contribution < 1.29 is 5.11 Å². The first-order chi connectivity index (χ1) is 10.4. The number of hydrogen-bond donors (Lipinski definition) is 2. The van der Waals surface area contributed by atoms with Crippen molar-refractivity contribution in [2.45, 2.75) is 26.3 Å². The van der Waals surface area contributed by atoms with Gasteiger partial charge in [-0.3, -0.25) is 19.4 Å². The number of rotatable bonds is 4. The molecule has 2 N–H and O–H groups in total. The van der Waals surface area contributed by atoms with Crippen molar-refractivity contribution in [1.29, 1.82) is 0 Å². The van der Waals surface area contributed by atoms with Crippen LogP contribution in [0.1, 0.15) is 31.9 Å². The lowest BCUT2D eigenvalue weighted by molar-refractivity contribution is 0.159. The van der Waals surface area contributed by atoms with Crippen LogP contribution in [0.25, 0.3) is 0 Å². The van der Waals surface area contributed by atoms with Crippen LogP contribution >= 0.6 is 12.2 Å². The highest BCUT2D eigenvalue weighted by molar-refractivity contribution is 7.71. The van der Waals surface area contributed by atoms with Crippen molar-refractivity contribution in [2.75, 3.05) is 33.2 Å². The maximum Gasteiger partial charge on any atom is 0.264 e. The van der Waals surface area contributed by atoms with Crippen molar-refractivity contribution in [2.24, 2.45) is 5.10 Å². The van der Waals surface area contributed by atoms with Gasteiger partial charge in [-0.2, -0.15) is 5.10 Å². The summed E-state index contributed by atoms with van der Waals surface area (Å²) in [5, 5.41) is 16.6. The van der Waals surface area contributed by atoms with E-state index in [0.29, 0.717) is 0 Å².